The van der Waals surface area contributed by atoms with Gasteiger partial charge in [-0.1, -0.05) is 32.1 Å². The molecule has 1 saturated heterocycles. The number of hydrogen-bond acceptors (Lipinski definition) is 4. The highest BCUT2D eigenvalue weighted by atomic mass is 16.7. The van der Waals surface area contributed by atoms with Gasteiger partial charge in [-0.05, 0) is 12.8 Å². The van der Waals surface area contributed by atoms with Crippen molar-refractivity contribution in [3.8, 4) is 0 Å². The van der Waals surface area contributed by atoms with Gasteiger partial charge in [0.2, 0.25) is 0 Å². The molecule has 3 amide bonds. The molecule has 1 saturated carbocycles. The lowest BCUT2D eigenvalue weighted by Crippen LogP contribution is -2.47. The van der Waals surface area contributed by atoms with Crippen LogP contribution in [-0.4, -0.2) is 49.4 Å². The predicted octanol–water partition coefficient (Wildman–Crippen LogP) is 1.64. The standard InChI is InChI=1S/C14H24N2O4/c1-19-11(20-2)10-16-12(17)14(15-13(16)18)8-6-4-3-5-7-9-14/h11H,3-10H2,1-2H3,(H,15,18). The van der Waals surface area contributed by atoms with Gasteiger partial charge in [0.1, 0.15) is 5.54 Å². The summed E-state index contributed by atoms with van der Waals surface area (Å²) in [5.41, 5.74) is -0.691. The number of nitrogens with one attached hydrogen (secondary N) is 1. The summed E-state index contributed by atoms with van der Waals surface area (Å²) in [6, 6.07) is -0.324. The fourth-order valence-electron chi connectivity index (χ4n) is 3.08. The van der Waals surface area contributed by atoms with Crippen LogP contribution in [0.5, 0.6) is 0 Å². The molecule has 0 radical (unpaired) electrons. The number of hydrogen-bond donors (Lipinski definition) is 1. The fraction of sp³-hybridized carbons (Fsp3) is 0.857. The second kappa shape index (κ2) is 6.54. The van der Waals surface area contributed by atoms with E-state index in [0.717, 1.165) is 38.5 Å². The minimum Gasteiger partial charge on any atom is -0.354 e. The highest BCUT2D eigenvalue weighted by Gasteiger charge is 2.50. The Balaban J connectivity index is 2.09. The quantitative estimate of drug-likeness (QED) is 0.629. The Morgan fingerprint density at radius 1 is 1.10 bits per heavy atom. The van der Waals surface area contributed by atoms with E-state index in [4.69, 9.17) is 9.47 Å². The Hall–Kier alpha value is -1.14. The van der Waals surface area contributed by atoms with Crippen molar-refractivity contribution in [1.29, 1.82) is 0 Å². The van der Waals surface area contributed by atoms with Gasteiger partial charge in [0.05, 0.1) is 6.54 Å². The topological polar surface area (TPSA) is 67.9 Å². The first-order valence-corrected chi connectivity index (χ1v) is 7.32. The maximum absolute atomic E-state index is 12.7. The van der Waals surface area contributed by atoms with E-state index < -0.39 is 11.8 Å². The van der Waals surface area contributed by atoms with E-state index in [1.165, 1.54) is 25.5 Å². The third kappa shape index (κ3) is 2.96. The van der Waals surface area contributed by atoms with Crippen molar-refractivity contribution in [1.82, 2.24) is 10.2 Å². The van der Waals surface area contributed by atoms with E-state index in [9.17, 15) is 9.59 Å². The molecule has 0 unspecified atom stereocenters. The first-order chi connectivity index (χ1) is 9.63. The van der Waals surface area contributed by atoms with E-state index in [0.29, 0.717) is 0 Å². The lowest BCUT2D eigenvalue weighted by atomic mass is 9.84. The Kier molecular flexibility index (Phi) is 4.99. The fourth-order valence-corrected chi connectivity index (χ4v) is 3.08. The molecule has 1 heterocycles. The molecular weight excluding hydrogens is 260 g/mol. The minimum absolute atomic E-state index is 0.122. The molecule has 20 heavy (non-hydrogen) atoms. The average Bonchev–Trinajstić information content (AvgIpc) is 2.64. The van der Waals surface area contributed by atoms with Crippen molar-refractivity contribution in [2.45, 2.75) is 56.8 Å². The lowest BCUT2D eigenvalue weighted by molar-refractivity contribution is -0.142. The largest absolute Gasteiger partial charge is 0.354 e. The molecule has 0 aromatic rings. The van der Waals surface area contributed by atoms with Crippen molar-refractivity contribution in [3.05, 3.63) is 0 Å². The molecule has 1 spiro atoms. The molecule has 0 aromatic carbocycles. The molecule has 6 heteroatoms. The molecular formula is C14H24N2O4. The molecule has 1 N–H and O–H groups in total. The van der Waals surface area contributed by atoms with Crippen molar-refractivity contribution in [2.24, 2.45) is 0 Å². The normalized spacial score (nSPS) is 23.1. The van der Waals surface area contributed by atoms with Crippen LogP contribution in [-0.2, 0) is 14.3 Å². The molecule has 1 aliphatic heterocycles. The highest BCUT2D eigenvalue weighted by Crippen LogP contribution is 2.32. The molecule has 2 fully saturated rings. The molecule has 0 bridgehead atoms. The monoisotopic (exact) mass is 284 g/mol. The van der Waals surface area contributed by atoms with Crippen LogP contribution in [0.3, 0.4) is 0 Å². The summed E-state index contributed by atoms with van der Waals surface area (Å²) in [7, 11) is 3.00. The number of ether oxygens (including phenoxy) is 2. The average molecular weight is 284 g/mol. The number of amides is 3. The van der Waals surface area contributed by atoms with Gasteiger partial charge in [-0.25, -0.2) is 4.79 Å². The van der Waals surface area contributed by atoms with E-state index in [-0.39, 0.29) is 18.5 Å². The van der Waals surface area contributed by atoms with Gasteiger partial charge in [-0.15, -0.1) is 0 Å². The summed E-state index contributed by atoms with van der Waals surface area (Å²) >= 11 is 0. The second-order valence-electron chi connectivity index (χ2n) is 5.60. The van der Waals surface area contributed by atoms with Crippen LogP contribution in [0.2, 0.25) is 0 Å². The van der Waals surface area contributed by atoms with Crippen molar-refractivity contribution in [2.75, 3.05) is 20.8 Å². The summed E-state index contributed by atoms with van der Waals surface area (Å²) in [5, 5.41) is 2.92. The number of urea groups is 1. The molecule has 6 nitrogen and oxygen atoms in total. The Labute approximate surface area is 119 Å². The number of nitrogens with zero attached hydrogens (tertiary/aromatic N) is 1. The van der Waals surface area contributed by atoms with E-state index >= 15 is 0 Å². The van der Waals surface area contributed by atoms with Crippen molar-refractivity contribution >= 4 is 11.9 Å². The summed E-state index contributed by atoms with van der Waals surface area (Å²) in [5.74, 6) is -0.122. The van der Waals surface area contributed by atoms with Gasteiger partial charge in [-0.3, -0.25) is 9.69 Å². The van der Waals surface area contributed by atoms with Crippen LogP contribution < -0.4 is 5.32 Å². The minimum atomic E-state index is -0.691. The summed E-state index contributed by atoms with van der Waals surface area (Å²) in [6.45, 7) is 0.138. The van der Waals surface area contributed by atoms with Crippen LogP contribution in [0.4, 0.5) is 4.79 Å². The molecule has 1 aliphatic carbocycles. The number of methoxy groups -OCH3 is 2. The predicted molar refractivity (Wildman–Crippen MR) is 73.1 cm³/mol. The molecule has 114 valence electrons. The summed E-state index contributed by atoms with van der Waals surface area (Å²) in [6.07, 6.45) is 6.34. The first-order valence-electron chi connectivity index (χ1n) is 7.32. The zero-order chi connectivity index (χ0) is 14.6. The summed E-state index contributed by atoms with van der Waals surface area (Å²) < 4.78 is 10.2. The van der Waals surface area contributed by atoms with Crippen molar-refractivity contribution in [3.63, 3.8) is 0 Å². The zero-order valence-corrected chi connectivity index (χ0v) is 12.3. The number of rotatable bonds is 4. The van der Waals surface area contributed by atoms with Gasteiger partial charge in [0.25, 0.3) is 5.91 Å². The van der Waals surface area contributed by atoms with E-state index in [1.807, 2.05) is 0 Å². The third-order valence-electron chi connectivity index (χ3n) is 4.31. The molecule has 2 rings (SSSR count). The van der Waals surface area contributed by atoms with Crippen LogP contribution in [0, 0.1) is 0 Å². The van der Waals surface area contributed by atoms with Crippen LogP contribution in [0.15, 0.2) is 0 Å². The van der Waals surface area contributed by atoms with Gasteiger partial charge < -0.3 is 14.8 Å². The Morgan fingerprint density at radius 3 is 2.20 bits per heavy atom. The van der Waals surface area contributed by atoms with E-state index in [2.05, 4.69) is 5.32 Å². The van der Waals surface area contributed by atoms with Gasteiger partial charge in [0.15, 0.2) is 6.29 Å². The molecule has 2 aliphatic rings. The number of imide groups is 1. The zero-order valence-electron chi connectivity index (χ0n) is 12.3. The molecule has 0 atom stereocenters. The highest BCUT2D eigenvalue weighted by molar-refractivity contribution is 6.07. The first kappa shape index (κ1) is 15.3. The van der Waals surface area contributed by atoms with Crippen LogP contribution in [0.1, 0.15) is 44.9 Å². The number of carbonyl (C=O) groups is 2. The third-order valence-corrected chi connectivity index (χ3v) is 4.31. The van der Waals surface area contributed by atoms with Crippen LogP contribution >= 0.6 is 0 Å². The summed E-state index contributed by atoms with van der Waals surface area (Å²) in [4.78, 5) is 26.0. The second-order valence-corrected chi connectivity index (χ2v) is 5.60. The van der Waals surface area contributed by atoms with Gasteiger partial charge in [-0.2, -0.15) is 0 Å². The maximum Gasteiger partial charge on any atom is 0.325 e. The molecule has 0 aromatic heterocycles. The van der Waals surface area contributed by atoms with Gasteiger partial charge in [0, 0.05) is 14.2 Å². The maximum atomic E-state index is 12.7. The smallest absolute Gasteiger partial charge is 0.325 e. The lowest BCUT2D eigenvalue weighted by Gasteiger charge is -2.29. The Morgan fingerprint density at radius 2 is 1.65 bits per heavy atom. The number of carbonyl (C=O) groups excluding carboxylic acids is 2. The van der Waals surface area contributed by atoms with Gasteiger partial charge >= 0.3 is 6.03 Å². The SMILES string of the molecule is COC(CN1C(=O)NC2(CCCCCCC2)C1=O)OC. The van der Waals surface area contributed by atoms with E-state index in [1.54, 1.807) is 0 Å². The van der Waals surface area contributed by atoms with Crippen molar-refractivity contribution < 1.29 is 19.1 Å². The Bertz CT molecular complexity index is 360. The van der Waals surface area contributed by atoms with Crippen LogP contribution in [0.25, 0.3) is 0 Å².